The normalized spacial score (nSPS) is 10.8. The lowest BCUT2D eigenvalue weighted by Gasteiger charge is -2.06. The van der Waals surface area contributed by atoms with E-state index in [1.54, 1.807) is 31.6 Å². The molecule has 3 heterocycles. The number of benzene rings is 2. The van der Waals surface area contributed by atoms with E-state index in [4.69, 9.17) is 9.47 Å². The van der Waals surface area contributed by atoms with Crippen LogP contribution >= 0.6 is 84.1 Å². The molecule has 0 aliphatic heterocycles. The first-order valence-electron chi connectivity index (χ1n) is 12.2. The number of aryl methyl sites for hydroxylation is 1. The maximum absolute atomic E-state index is 13.0. The summed E-state index contributed by atoms with van der Waals surface area (Å²) in [6, 6.07) is 11.7. The summed E-state index contributed by atoms with van der Waals surface area (Å²) < 4.78 is 49.1. The van der Waals surface area contributed by atoms with Crippen molar-refractivity contribution in [2.24, 2.45) is 0 Å². The van der Waals surface area contributed by atoms with E-state index in [1.165, 1.54) is 43.5 Å². The van der Waals surface area contributed by atoms with E-state index >= 15 is 0 Å². The monoisotopic (exact) mass is 907 g/mol. The summed E-state index contributed by atoms with van der Waals surface area (Å²) in [6.07, 6.45) is 5.89. The number of hydrogen-bond acceptors (Lipinski definition) is 8. The maximum Gasteiger partial charge on any atom is 0.339 e. The second-order valence-electron chi connectivity index (χ2n) is 8.39. The molecule has 0 unspecified atom stereocenters. The molecule has 5 rings (SSSR count). The topological polar surface area (TPSA) is 109 Å². The molecule has 0 radical (unpaired) electrons. The smallest absolute Gasteiger partial charge is 0.339 e. The molecule has 0 aliphatic carbocycles. The van der Waals surface area contributed by atoms with Crippen LogP contribution < -0.4 is 9.47 Å². The van der Waals surface area contributed by atoms with Crippen molar-refractivity contribution < 1.29 is 27.6 Å². The Labute approximate surface area is 292 Å². The molecule has 44 heavy (non-hydrogen) atoms. The van der Waals surface area contributed by atoms with E-state index in [2.05, 4.69) is 76.2 Å². The third-order valence-electron chi connectivity index (χ3n) is 5.49. The van der Waals surface area contributed by atoms with Crippen molar-refractivity contribution >= 4 is 95.4 Å². The molecule has 0 fully saturated rings. The van der Waals surface area contributed by atoms with Crippen molar-refractivity contribution in [2.45, 2.75) is 12.8 Å². The SMILES string of the molecule is COc1nc(I)cn2c(-c3ccc(F)cc3)ncc12.COc1nc(I)cnc1CCC(=O)c1ccc(F)cc1.O=P(Cl)(Cl)Cl. The lowest BCUT2D eigenvalue weighted by molar-refractivity contribution is 0.0982. The van der Waals surface area contributed by atoms with Crippen LogP contribution in [0.3, 0.4) is 0 Å². The predicted octanol–water partition coefficient (Wildman–Crippen LogP) is 9.00. The summed E-state index contributed by atoms with van der Waals surface area (Å²) in [5, 5.41) is -3.22. The number of carbonyl (C=O) groups is 1. The number of hydrogen-bond donors (Lipinski definition) is 0. The Morgan fingerprint density at radius 3 is 1.98 bits per heavy atom. The van der Waals surface area contributed by atoms with Gasteiger partial charge < -0.3 is 9.47 Å². The van der Waals surface area contributed by atoms with Gasteiger partial charge in [-0.1, -0.05) is 0 Å². The molecule has 0 bridgehead atoms. The summed E-state index contributed by atoms with van der Waals surface area (Å²) >= 11 is 18.0. The fourth-order valence-corrected chi connectivity index (χ4v) is 4.48. The fraction of sp³-hybridized carbons (Fsp3) is 0.148. The number of imidazole rings is 1. The van der Waals surface area contributed by atoms with Crippen molar-refractivity contribution in [3.63, 3.8) is 0 Å². The van der Waals surface area contributed by atoms with Crippen LogP contribution in [0.2, 0.25) is 0 Å². The Bertz CT molecular complexity index is 1770. The first-order chi connectivity index (χ1) is 20.8. The highest BCUT2D eigenvalue weighted by Crippen LogP contribution is 2.61. The standard InChI is InChI=1S/C14H12FIN2O2.C13H9FIN3O.Cl3OP/c1-20-14-11(17-8-13(16)18-14)6-7-12(19)9-2-4-10(15)5-3-9;1-19-13-10-6-16-12(18(10)7-11(15)17-13)8-2-4-9(14)5-3-8;1-5(2,3)4/h2-5,8H,6-7H2,1H3;2-7H,1H3;. The zero-order chi connectivity index (χ0) is 32.4. The number of carbonyl (C=O) groups excluding carboxylic acids is 1. The number of nitrogens with zero attached hydrogens (tertiary/aromatic N) is 5. The van der Waals surface area contributed by atoms with Crippen LogP contribution in [-0.2, 0) is 11.0 Å². The molecule has 0 spiro atoms. The Morgan fingerprint density at radius 2 is 1.41 bits per heavy atom. The summed E-state index contributed by atoms with van der Waals surface area (Å²) in [6.45, 7) is 0. The summed E-state index contributed by atoms with van der Waals surface area (Å²) in [5.74, 6) is 1.00. The largest absolute Gasteiger partial charge is 0.480 e. The second-order valence-corrected chi connectivity index (χ2v) is 17.2. The molecule has 5 aromatic rings. The maximum atomic E-state index is 13.0. The number of rotatable bonds is 7. The number of methoxy groups -OCH3 is 2. The molecular formula is C27H21Cl3F2I2N5O4P. The van der Waals surface area contributed by atoms with Gasteiger partial charge in [0.2, 0.25) is 11.8 Å². The van der Waals surface area contributed by atoms with Crippen LogP contribution in [0.15, 0.2) is 67.1 Å². The number of aromatic nitrogens is 5. The van der Waals surface area contributed by atoms with Gasteiger partial charge >= 0.3 is 5.20 Å². The minimum absolute atomic E-state index is 0.0626. The van der Waals surface area contributed by atoms with Gasteiger partial charge in [-0.25, -0.2) is 23.7 Å². The third-order valence-corrected chi connectivity index (χ3v) is 6.53. The van der Waals surface area contributed by atoms with E-state index in [9.17, 15) is 18.1 Å². The minimum Gasteiger partial charge on any atom is -0.480 e. The highest BCUT2D eigenvalue weighted by atomic mass is 127. The number of fused-ring (bicyclic) bond motifs is 1. The van der Waals surface area contributed by atoms with Crippen molar-refractivity contribution in [3.8, 4) is 23.1 Å². The number of ketones is 1. The first kappa shape index (κ1) is 36.3. The van der Waals surface area contributed by atoms with Crippen LogP contribution in [0.25, 0.3) is 16.9 Å². The average Bonchev–Trinajstić information content (AvgIpc) is 3.40. The van der Waals surface area contributed by atoms with Gasteiger partial charge in [0.05, 0.1) is 26.6 Å². The van der Waals surface area contributed by atoms with Gasteiger partial charge in [0.15, 0.2) is 5.78 Å². The first-order valence-corrected chi connectivity index (χ1v) is 18.7. The van der Waals surface area contributed by atoms with Gasteiger partial charge in [0, 0.05) is 30.2 Å². The lowest BCUT2D eigenvalue weighted by atomic mass is 10.1. The molecule has 9 nitrogen and oxygen atoms in total. The molecular weight excluding hydrogens is 887 g/mol. The van der Waals surface area contributed by atoms with E-state index < -0.39 is 5.20 Å². The highest BCUT2D eigenvalue weighted by Gasteiger charge is 2.13. The van der Waals surface area contributed by atoms with E-state index in [0.717, 1.165) is 24.3 Å². The van der Waals surface area contributed by atoms with Gasteiger partial charge in [0.25, 0.3) is 0 Å². The van der Waals surface area contributed by atoms with Crippen molar-refractivity contribution in [1.82, 2.24) is 24.3 Å². The fourth-order valence-electron chi connectivity index (χ4n) is 3.63. The number of Topliss-reactive ketones (excluding diaryl/α,β-unsaturated/α-hetero) is 1. The molecule has 0 amide bonds. The summed E-state index contributed by atoms with van der Waals surface area (Å²) in [5.41, 5.74) is 2.75. The van der Waals surface area contributed by atoms with Crippen molar-refractivity contribution in [1.29, 1.82) is 0 Å². The van der Waals surface area contributed by atoms with Crippen LogP contribution in [0.5, 0.6) is 11.8 Å². The van der Waals surface area contributed by atoms with Gasteiger partial charge in [0.1, 0.15) is 36.1 Å². The van der Waals surface area contributed by atoms with E-state index in [0.29, 0.717) is 29.4 Å². The van der Waals surface area contributed by atoms with Crippen LogP contribution in [0.4, 0.5) is 8.78 Å². The predicted molar refractivity (Wildman–Crippen MR) is 183 cm³/mol. The zero-order valence-electron chi connectivity index (χ0n) is 22.7. The second kappa shape index (κ2) is 16.9. The summed E-state index contributed by atoms with van der Waals surface area (Å²) in [7, 11) is 3.09. The minimum atomic E-state index is -3.22. The molecule has 2 aromatic carbocycles. The average molecular weight is 909 g/mol. The van der Waals surface area contributed by atoms with Crippen LogP contribution in [0, 0.1) is 19.0 Å². The van der Waals surface area contributed by atoms with Crippen LogP contribution in [-0.4, -0.2) is 44.3 Å². The van der Waals surface area contributed by atoms with Gasteiger partial charge in [-0.15, -0.1) is 0 Å². The van der Waals surface area contributed by atoms with E-state index in [-0.39, 0.29) is 23.8 Å². The molecule has 0 N–H and O–H groups in total. The van der Waals surface area contributed by atoms with Gasteiger partial charge in [-0.2, -0.15) is 0 Å². The lowest BCUT2D eigenvalue weighted by Crippen LogP contribution is -2.05. The van der Waals surface area contributed by atoms with E-state index in [1.807, 2.05) is 33.2 Å². The van der Waals surface area contributed by atoms with Crippen molar-refractivity contribution in [2.75, 3.05) is 14.2 Å². The van der Waals surface area contributed by atoms with Crippen molar-refractivity contribution in [3.05, 3.63) is 97.4 Å². The molecule has 0 atom stereocenters. The molecule has 0 aliphatic rings. The summed E-state index contributed by atoms with van der Waals surface area (Å²) in [4.78, 5) is 29.0. The Kier molecular flexibility index (Phi) is 14.0. The highest BCUT2D eigenvalue weighted by molar-refractivity contribution is 14.1. The van der Waals surface area contributed by atoms with Crippen LogP contribution in [0.1, 0.15) is 22.5 Å². The Morgan fingerprint density at radius 1 is 0.864 bits per heavy atom. The zero-order valence-corrected chi connectivity index (χ0v) is 30.2. The molecule has 17 heteroatoms. The molecule has 232 valence electrons. The van der Waals surface area contributed by atoms with Gasteiger partial charge in [-0.05, 0) is 127 Å². The third kappa shape index (κ3) is 11.3. The Hall–Kier alpha value is -2.17. The van der Waals surface area contributed by atoms with Gasteiger partial charge in [-0.3, -0.25) is 18.7 Å². The molecule has 3 aromatic heterocycles. The number of ether oxygens (including phenoxy) is 2. The molecule has 0 saturated heterocycles. The Balaban J connectivity index is 0.000000209. The quantitative estimate of drug-likeness (QED) is 0.0906. The molecule has 0 saturated carbocycles. The number of halogens is 7.